The van der Waals surface area contributed by atoms with Crippen LogP contribution in [0.25, 0.3) is 0 Å². The average molecular weight is 262 g/mol. The zero-order valence-corrected chi connectivity index (χ0v) is 11.3. The van der Waals surface area contributed by atoms with E-state index in [-0.39, 0.29) is 0 Å². The third-order valence-electron chi connectivity index (χ3n) is 2.59. The molecule has 1 aromatic heterocycles. The summed E-state index contributed by atoms with van der Waals surface area (Å²) in [5, 5.41) is 6.59. The molecule has 0 fully saturated rings. The van der Waals surface area contributed by atoms with Gasteiger partial charge in [-0.25, -0.2) is 4.98 Å². The van der Waals surface area contributed by atoms with Crippen LogP contribution in [-0.2, 0) is 6.42 Å². The van der Waals surface area contributed by atoms with Crippen molar-refractivity contribution in [3.05, 3.63) is 46.9 Å². The van der Waals surface area contributed by atoms with Crippen LogP contribution in [0, 0.1) is 0 Å². The Kier molecular flexibility index (Phi) is 5.17. The molecule has 0 radical (unpaired) electrons. The van der Waals surface area contributed by atoms with Crippen molar-refractivity contribution >= 4 is 11.3 Å². The highest BCUT2D eigenvalue weighted by Crippen LogP contribution is 2.11. The maximum absolute atomic E-state index is 5.78. The summed E-state index contributed by atoms with van der Waals surface area (Å²) in [6, 6.07) is 10.2. The van der Waals surface area contributed by atoms with Crippen LogP contribution in [0.5, 0.6) is 5.75 Å². The molecule has 18 heavy (non-hydrogen) atoms. The molecule has 1 atom stereocenters. The highest BCUT2D eigenvalue weighted by Gasteiger charge is 2.10. The van der Waals surface area contributed by atoms with Crippen molar-refractivity contribution in [3.63, 3.8) is 0 Å². The standard InChI is InChI=1S/C14H18N2OS/c1-2-15-12(10-14-16-8-9-18-14)11-17-13-6-4-3-5-7-13/h3-9,12,15H,2,10-11H2,1H3. The summed E-state index contributed by atoms with van der Waals surface area (Å²) < 4.78 is 5.78. The van der Waals surface area contributed by atoms with Gasteiger partial charge >= 0.3 is 0 Å². The quantitative estimate of drug-likeness (QED) is 0.833. The highest BCUT2D eigenvalue weighted by molar-refractivity contribution is 7.09. The van der Waals surface area contributed by atoms with Crippen LogP contribution in [0.3, 0.4) is 0 Å². The van der Waals surface area contributed by atoms with Crippen LogP contribution >= 0.6 is 11.3 Å². The lowest BCUT2D eigenvalue weighted by atomic mass is 10.2. The van der Waals surface area contributed by atoms with Crippen LogP contribution in [0.1, 0.15) is 11.9 Å². The summed E-state index contributed by atoms with van der Waals surface area (Å²) in [6.07, 6.45) is 2.76. The van der Waals surface area contributed by atoms with Crippen molar-refractivity contribution in [1.82, 2.24) is 10.3 Å². The van der Waals surface area contributed by atoms with Gasteiger partial charge in [-0.1, -0.05) is 25.1 Å². The van der Waals surface area contributed by atoms with Gasteiger partial charge in [0.1, 0.15) is 12.4 Å². The van der Waals surface area contributed by atoms with E-state index in [0.29, 0.717) is 12.6 Å². The van der Waals surface area contributed by atoms with Crippen molar-refractivity contribution in [3.8, 4) is 5.75 Å². The Balaban J connectivity index is 1.86. The zero-order chi connectivity index (χ0) is 12.6. The van der Waals surface area contributed by atoms with Gasteiger partial charge in [-0.15, -0.1) is 11.3 Å². The first kappa shape index (κ1) is 13.1. The van der Waals surface area contributed by atoms with E-state index in [4.69, 9.17) is 4.74 Å². The lowest BCUT2D eigenvalue weighted by Gasteiger charge is -2.17. The molecule has 1 heterocycles. The number of benzene rings is 1. The Morgan fingerprint density at radius 1 is 1.33 bits per heavy atom. The van der Waals surface area contributed by atoms with Gasteiger partial charge in [-0.2, -0.15) is 0 Å². The molecule has 0 bridgehead atoms. The monoisotopic (exact) mass is 262 g/mol. The number of ether oxygens (including phenoxy) is 1. The second-order valence-electron chi connectivity index (χ2n) is 4.01. The number of thiazole rings is 1. The molecule has 0 saturated carbocycles. The van der Waals surface area contributed by atoms with Crippen molar-refractivity contribution < 1.29 is 4.74 Å². The predicted molar refractivity (Wildman–Crippen MR) is 75.2 cm³/mol. The fourth-order valence-corrected chi connectivity index (χ4v) is 2.45. The Bertz CT molecular complexity index is 430. The molecule has 0 aliphatic rings. The van der Waals surface area contributed by atoms with Gasteiger partial charge in [-0.3, -0.25) is 0 Å². The number of rotatable bonds is 7. The summed E-state index contributed by atoms with van der Waals surface area (Å²) in [6.45, 7) is 3.71. The van der Waals surface area contributed by atoms with E-state index in [0.717, 1.165) is 23.7 Å². The lowest BCUT2D eigenvalue weighted by molar-refractivity contribution is 0.265. The number of likely N-dealkylation sites (N-methyl/N-ethyl adjacent to an activating group) is 1. The molecule has 0 aliphatic carbocycles. The van der Waals surface area contributed by atoms with Crippen molar-refractivity contribution in [2.45, 2.75) is 19.4 Å². The third-order valence-corrected chi connectivity index (χ3v) is 3.39. The molecular formula is C14H18N2OS. The van der Waals surface area contributed by atoms with E-state index in [1.165, 1.54) is 0 Å². The average Bonchev–Trinajstić information content (AvgIpc) is 2.90. The summed E-state index contributed by atoms with van der Waals surface area (Å²) in [5.74, 6) is 0.916. The van der Waals surface area contributed by atoms with Crippen LogP contribution in [-0.4, -0.2) is 24.2 Å². The van der Waals surface area contributed by atoms with E-state index in [9.17, 15) is 0 Å². The normalized spacial score (nSPS) is 12.3. The molecule has 4 heteroatoms. The first-order chi connectivity index (χ1) is 8.88. The Labute approximate surface area is 112 Å². The minimum atomic E-state index is 0.307. The minimum absolute atomic E-state index is 0.307. The summed E-state index contributed by atoms with van der Waals surface area (Å²) in [7, 11) is 0. The maximum atomic E-state index is 5.78. The van der Waals surface area contributed by atoms with Crippen molar-refractivity contribution in [2.24, 2.45) is 0 Å². The van der Waals surface area contributed by atoms with Gasteiger partial charge in [-0.05, 0) is 18.7 Å². The number of nitrogens with zero attached hydrogens (tertiary/aromatic N) is 1. The van der Waals surface area contributed by atoms with Gasteiger partial charge in [0, 0.05) is 24.0 Å². The smallest absolute Gasteiger partial charge is 0.119 e. The fraction of sp³-hybridized carbons (Fsp3) is 0.357. The van der Waals surface area contributed by atoms with Gasteiger partial charge in [0.15, 0.2) is 0 Å². The number of para-hydroxylation sites is 1. The largest absolute Gasteiger partial charge is 0.492 e. The van der Waals surface area contributed by atoms with Crippen LogP contribution in [0.4, 0.5) is 0 Å². The van der Waals surface area contributed by atoms with Crippen molar-refractivity contribution in [1.29, 1.82) is 0 Å². The van der Waals surface area contributed by atoms with E-state index in [1.54, 1.807) is 11.3 Å². The molecule has 0 aliphatic heterocycles. The van der Waals surface area contributed by atoms with E-state index in [2.05, 4.69) is 17.2 Å². The van der Waals surface area contributed by atoms with Gasteiger partial charge < -0.3 is 10.1 Å². The number of aromatic nitrogens is 1. The summed E-state index contributed by atoms with van der Waals surface area (Å²) in [5.41, 5.74) is 0. The molecule has 1 N–H and O–H groups in total. The fourth-order valence-electron chi connectivity index (χ4n) is 1.76. The molecule has 0 spiro atoms. The molecular weight excluding hydrogens is 244 g/mol. The van der Waals surface area contributed by atoms with Gasteiger partial charge in [0.2, 0.25) is 0 Å². The Morgan fingerprint density at radius 3 is 2.83 bits per heavy atom. The number of nitrogens with one attached hydrogen (secondary N) is 1. The zero-order valence-electron chi connectivity index (χ0n) is 10.5. The molecule has 3 nitrogen and oxygen atoms in total. The Morgan fingerprint density at radius 2 is 2.17 bits per heavy atom. The van der Waals surface area contributed by atoms with Crippen LogP contribution < -0.4 is 10.1 Å². The number of hydrogen-bond acceptors (Lipinski definition) is 4. The second-order valence-corrected chi connectivity index (χ2v) is 4.99. The third kappa shape index (κ3) is 4.13. The topological polar surface area (TPSA) is 34.1 Å². The molecule has 0 amide bonds. The first-order valence-electron chi connectivity index (χ1n) is 6.18. The predicted octanol–water partition coefficient (Wildman–Crippen LogP) is 2.74. The molecule has 1 unspecified atom stereocenters. The van der Waals surface area contributed by atoms with Crippen LogP contribution in [0.15, 0.2) is 41.9 Å². The SMILES string of the molecule is CCNC(COc1ccccc1)Cc1nccs1. The van der Waals surface area contributed by atoms with Gasteiger partial charge in [0.25, 0.3) is 0 Å². The van der Waals surface area contributed by atoms with Crippen molar-refractivity contribution in [2.75, 3.05) is 13.2 Å². The van der Waals surface area contributed by atoms with Gasteiger partial charge in [0.05, 0.1) is 5.01 Å². The van der Waals surface area contributed by atoms with E-state index >= 15 is 0 Å². The number of hydrogen-bond donors (Lipinski definition) is 1. The minimum Gasteiger partial charge on any atom is -0.492 e. The highest BCUT2D eigenvalue weighted by atomic mass is 32.1. The Hall–Kier alpha value is -1.39. The molecule has 2 aromatic rings. The molecule has 1 aromatic carbocycles. The maximum Gasteiger partial charge on any atom is 0.119 e. The second kappa shape index (κ2) is 7.13. The lowest BCUT2D eigenvalue weighted by Crippen LogP contribution is -2.36. The molecule has 0 saturated heterocycles. The van der Waals surface area contributed by atoms with E-state index < -0.39 is 0 Å². The molecule has 96 valence electrons. The molecule has 2 rings (SSSR count). The van der Waals surface area contributed by atoms with Crippen LogP contribution in [0.2, 0.25) is 0 Å². The summed E-state index contributed by atoms with van der Waals surface area (Å²) in [4.78, 5) is 4.32. The first-order valence-corrected chi connectivity index (χ1v) is 7.06. The summed E-state index contributed by atoms with van der Waals surface area (Å²) >= 11 is 1.69. The van der Waals surface area contributed by atoms with E-state index in [1.807, 2.05) is 41.9 Å².